The number of benzene rings is 16. The van der Waals surface area contributed by atoms with Gasteiger partial charge in [0.25, 0.3) is 0 Å². The predicted molar refractivity (Wildman–Crippen MR) is 487 cm³/mol. The van der Waals surface area contributed by atoms with E-state index in [-0.39, 0.29) is 94.0 Å². The number of hydrogen-bond donors (Lipinski definition) is 3. The van der Waals surface area contributed by atoms with Crippen molar-refractivity contribution in [2.75, 3.05) is 0 Å². The van der Waals surface area contributed by atoms with Crippen LogP contribution in [0.15, 0.2) is 333 Å². The van der Waals surface area contributed by atoms with Crippen LogP contribution in [-0.2, 0) is 73.8 Å². The van der Waals surface area contributed by atoms with Gasteiger partial charge in [-0.25, -0.2) is 0 Å². The Morgan fingerprint density at radius 1 is 0.311 bits per heavy atom. The van der Waals surface area contributed by atoms with Crippen molar-refractivity contribution in [3.05, 3.63) is 362 Å². The second-order valence-electron chi connectivity index (χ2n) is 29.4. The Labute approximate surface area is 743 Å². The average molecular weight is 2120 g/mol. The zero-order valence-corrected chi connectivity index (χ0v) is 75.3. The number of ketones is 3. The van der Waals surface area contributed by atoms with E-state index in [4.69, 9.17) is 45.2 Å². The van der Waals surface area contributed by atoms with Gasteiger partial charge in [0, 0.05) is 75.3 Å². The van der Waals surface area contributed by atoms with Gasteiger partial charge in [-0.3, -0.25) is 44.3 Å². The molecule has 0 aliphatic carbocycles. The molecule has 3 radical (unpaired) electrons. The number of carbonyl (C=O) groups is 3. The van der Waals surface area contributed by atoms with Crippen LogP contribution in [0.1, 0.15) is 52.9 Å². The molecule has 0 aliphatic heterocycles. The van der Waals surface area contributed by atoms with E-state index in [2.05, 4.69) is 306 Å². The third-order valence-electron chi connectivity index (χ3n) is 20.5. The first-order chi connectivity index (χ1) is 57.7. The molecule has 0 bridgehead atoms. The summed E-state index contributed by atoms with van der Waals surface area (Å²) in [5.74, 6) is -0.187. The minimum Gasteiger partial charge on any atom is -0.512 e. The molecular weight excluding hydrogens is 2040 g/mol. The van der Waals surface area contributed by atoms with Crippen LogP contribution in [0.4, 0.5) is 0 Å². The molecular formula is C105H79N8O6Os3. The molecule has 16 aromatic carbocycles. The Morgan fingerprint density at radius 2 is 0.689 bits per heavy atom. The van der Waals surface area contributed by atoms with Crippen LogP contribution < -0.4 is 0 Å². The number of allylic oxidation sites excluding steroid dienone is 6. The number of aliphatic hydroxyl groups excluding tert-OH is 3. The van der Waals surface area contributed by atoms with E-state index in [0.717, 1.165) is 101 Å². The maximum absolute atomic E-state index is 10.0. The van der Waals surface area contributed by atoms with Crippen molar-refractivity contribution in [3.8, 4) is 45.1 Å². The van der Waals surface area contributed by atoms with Gasteiger partial charge in [-0.2, -0.15) is 0 Å². The summed E-state index contributed by atoms with van der Waals surface area (Å²) < 4.78 is 4.62. The molecule has 0 aliphatic rings. The summed E-state index contributed by atoms with van der Waals surface area (Å²) in [6.45, 7) is 12.6. The van der Waals surface area contributed by atoms with Gasteiger partial charge in [-0.15, -0.1) is 65.2 Å². The molecule has 0 atom stereocenters. The van der Waals surface area contributed by atoms with Crippen LogP contribution in [0.5, 0.6) is 0 Å². The van der Waals surface area contributed by atoms with E-state index < -0.39 is 0 Å². The van der Waals surface area contributed by atoms with Gasteiger partial charge in [-0.05, 0) is 198 Å². The van der Waals surface area contributed by atoms with Gasteiger partial charge < -0.3 is 24.5 Å². The van der Waals surface area contributed by atoms with E-state index in [1.165, 1.54) is 157 Å². The molecule has 21 rings (SSSR count). The van der Waals surface area contributed by atoms with Gasteiger partial charge in [0.2, 0.25) is 0 Å². The minimum atomic E-state index is -0.125. The number of aromatic nitrogens is 8. The Morgan fingerprint density at radius 3 is 1.15 bits per heavy atom. The first-order valence-electron chi connectivity index (χ1n) is 39.0. The van der Waals surface area contributed by atoms with Gasteiger partial charge in [0.1, 0.15) is 0 Å². The molecule has 5 heterocycles. The van der Waals surface area contributed by atoms with Crippen LogP contribution in [-0.4, -0.2) is 71.7 Å². The molecule has 599 valence electrons. The fourth-order valence-electron chi connectivity index (χ4n) is 15.6. The first-order valence-corrected chi connectivity index (χ1v) is 39.0. The van der Waals surface area contributed by atoms with Gasteiger partial charge in [0.15, 0.2) is 17.3 Å². The second kappa shape index (κ2) is 37.8. The SMILES string of the molecule is CC(=O)C=C(C)O.CC(=O)C=C(C)O.CC(=O)C=C(C)O.Cc1nc2cc3ccccc3cc2nc1-c1[c-]cc2c(c1)c1ccccc1n2-c1ccccc1.Cc1nc2cc3ccccc3cc2nc1-c1[c-]cc2c3ccccc3n(-c3ccccc3)c2c1.[Os+].[Os+].[Os+].[c-]1cc2ccc3cccc4ccc(c1-c1cnc5cc6ccccc6cc5n1)c2c34. The standard InChI is InChI=1S/2C31H20N3.C28H15N2.3C5H8O2.3Os/c1-20-31(33-28-19-22-10-6-5-9-21(22)18-27(28)32-20)23-15-16-30-26(17-23)25-13-7-8-14-29(25)34(30)24-11-3-2-4-12-24;1-20-31(33-28-18-22-10-6-5-9-21(22)17-27(28)32-20)23-15-16-26-25-13-7-8-14-29(25)34(30(26)19-23)24-11-3-2-4-12-24;1-2-5-21-15-25-24(14-20(21)4-1)29-16-26(30-25)22-12-10-19-9-8-17-6-3-7-18-11-13-23(22)28(19)27(17)18;3*1-4(6)3-5(2)7;;;/h2*2-14,16-19H,1H3;1-11,13-16H;3*3,6H,1-2H3;;;/q3*-1;;;;3*+1. The number of aliphatic hydroxyl groups is 3. The van der Waals surface area contributed by atoms with Crippen LogP contribution >= 0.6 is 0 Å². The third-order valence-corrected chi connectivity index (χ3v) is 20.5. The summed E-state index contributed by atoms with van der Waals surface area (Å²) in [5.41, 5.74) is 19.7. The molecule has 0 fully saturated rings. The fraction of sp³-hybridized carbons (Fsp3) is 0.0762. The van der Waals surface area contributed by atoms with Crippen LogP contribution in [0, 0.1) is 32.0 Å². The maximum Gasteiger partial charge on any atom is 1.00 e. The fourth-order valence-corrected chi connectivity index (χ4v) is 15.6. The van der Waals surface area contributed by atoms with Crippen molar-refractivity contribution in [1.29, 1.82) is 0 Å². The molecule has 5 aromatic heterocycles. The van der Waals surface area contributed by atoms with Gasteiger partial charge in [-0.1, -0.05) is 215 Å². The molecule has 21 aromatic rings. The summed E-state index contributed by atoms with van der Waals surface area (Å²) in [4.78, 5) is 59.7. The van der Waals surface area contributed by atoms with E-state index in [0.29, 0.717) is 0 Å². The maximum atomic E-state index is 10.0. The summed E-state index contributed by atoms with van der Waals surface area (Å²) >= 11 is 0. The minimum absolute atomic E-state index is 0. The molecule has 0 amide bonds. The Bertz CT molecular complexity index is 7560. The molecule has 0 unspecified atom stereocenters. The molecule has 14 nitrogen and oxygen atoms in total. The summed E-state index contributed by atoms with van der Waals surface area (Å²) in [5, 5.41) is 44.4. The number of carbonyl (C=O) groups excluding carboxylic acids is 3. The summed E-state index contributed by atoms with van der Waals surface area (Å²) in [6, 6.07) is 112. The zero-order valence-electron chi connectivity index (χ0n) is 67.7. The zero-order chi connectivity index (χ0) is 82.5. The predicted octanol–water partition coefficient (Wildman–Crippen LogP) is 25.6. The van der Waals surface area contributed by atoms with Crippen molar-refractivity contribution in [2.24, 2.45) is 0 Å². The van der Waals surface area contributed by atoms with Crippen LogP contribution in [0.3, 0.4) is 0 Å². The number of nitrogens with zero attached hydrogens (tertiary/aromatic N) is 8. The summed E-state index contributed by atoms with van der Waals surface area (Å²) in [7, 11) is 0. The molecule has 3 N–H and O–H groups in total. The monoisotopic (exact) mass is 2120 g/mol. The molecule has 17 heteroatoms. The van der Waals surface area contributed by atoms with Crippen LogP contribution in [0.25, 0.3) is 186 Å². The largest absolute Gasteiger partial charge is 1.00 e. The van der Waals surface area contributed by atoms with Crippen molar-refractivity contribution >= 4 is 159 Å². The number of hydrogen-bond acceptors (Lipinski definition) is 12. The Kier molecular flexibility index (Phi) is 26.8. The first kappa shape index (κ1) is 86.4. The van der Waals surface area contributed by atoms with E-state index >= 15 is 0 Å². The smallest absolute Gasteiger partial charge is 0.512 e. The number of para-hydroxylation sites is 4. The third kappa shape index (κ3) is 18.4. The number of fused-ring (bicyclic) bond motifs is 12. The second-order valence-corrected chi connectivity index (χ2v) is 29.4. The summed E-state index contributed by atoms with van der Waals surface area (Å²) in [6.07, 6.45) is 5.37. The topological polar surface area (TPSA) is 199 Å². The van der Waals surface area contributed by atoms with Crippen molar-refractivity contribution < 1.29 is 89.1 Å². The van der Waals surface area contributed by atoms with E-state index in [9.17, 15) is 14.4 Å². The van der Waals surface area contributed by atoms with Crippen molar-refractivity contribution in [1.82, 2.24) is 39.0 Å². The van der Waals surface area contributed by atoms with Crippen molar-refractivity contribution in [3.63, 3.8) is 0 Å². The van der Waals surface area contributed by atoms with Gasteiger partial charge >= 0.3 is 59.4 Å². The molecule has 0 spiro atoms. The van der Waals surface area contributed by atoms with Crippen LogP contribution in [0.2, 0.25) is 0 Å². The Hall–Kier alpha value is -13.5. The molecule has 0 saturated carbocycles. The normalized spacial score (nSPS) is 11.4. The van der Waals surface area contributed by atoms with Crippen molar-refractivity contribution in [2.45, 2.75) is 55.4 Å². The molecule has 0 saturated heterocycles. The van der Waals surface area contributed by atoms with E-state index in [1.54, 1.807) is 0 Å². The Balaban J connectivity index is 0.000000139. The molecule has 122 heavy (non-hydrogen) atoms. The van der Waals surface area contributed by atoms with Gasteiger partial charge in [0.05, 0.1) is 50.4 Å². The number of aryl methyl sites for hydroxylation is 2. The quantitative estimate of drug-likeness (QED) is 0.0428. The number of rotatable bonds is 8. The average Bonchev–Trinajstić information content (AvgIpc) is 0.870. The van der Waals surface area contributed by atoms with E-state index in [1.807, 2.05) is 32.2 Å².